The quantitative estimate of drug-likeness (QED) is 0.0220. The first-order valence-electron chi connectivity index (χ1n) is 23.5. The van der Waals surface area contributed by atoms with Crippen LogP contribution in [0.3, 0.4) is 0 Å². The molecule has 1 fully saturated rings. The summed E-state index contributed by atoms with van der Waals surface area (Å²) in [5.41, 5.74) is 9.05. The first kappa shape index (κ1) is 52.6. The largest absolute Gasteiger partial charge is 0.470 e. The van der Waals surface area contributed by atoms with Crippen molar-refractivity contribution in [3.63, 3.8) is 0 Å². The molecule has 4 aliphatic heterocycles. The first-order chi connectivity index (χ1) is 33.5. The van der Waals surface area contributed by atoms with E-state index in [9.17, 15) is 51.6 Å². The maximum Gasteiger partial charge on any atom is 0.470 e. The molecule has 0 saturated carbocycles. The summed E-state index contributed by atoms with van der Waals surface area (Å²) in [5, 5.41) is 19.2. The van der Waals surface area contributed by atoms with Crippen molar-refractivity contribution in [3.05, 3.63) is 52.4 Å². The second-order valence-electron chi connectivity index (χ2n) is 18.8. The molecule has 2 aromatic carbocycles. The maximum absolute atomic E-state index is 13.1. The van der Waals surface area contributed by atoms with Crippen molar-refractivity contribution in [3.8, 4) is 11.5 Å². The summed E-state index contributed by atoms with van der Waals surface area (Å²) < 4.78 is 83.0. The van der Waals surface area contributed by atoms with E-state index in [-0.39, 0.29) is 35.3 Å². The SMILES string of the molecule is CC[N+]1=c2cc3c(cc2CCC1)=Nc1cc2c(cc1O3)N(CCCC(=O)NCCCCCCNc1nc3c(N)ncnc3n1[C@@H]1O[C@H](COP(=O)(O)O)[C@@H](OP(=O)(O)O)[C@H]1O)C(C)(C)CC2CS(=O)(=O)O. The second-order valence-corrected chi connectivity index (χ2v) is 22.7. The molecule has 0 radical (unpaired) electrons. The number of aromatic nitrogens is 4. The number of nitrogens with zero attached hydrogens (tertiary/aromatic N) is 7. The van der Waals surface area contributed by atoms with Gasteiger partial charge in [-0.2, -0.15) is 8.42 Å². The lowest BCUT2D eigenvalue weighted by atomic mass is 9.79. The molecule has 388 valence electrons. The zero-order chi connectivity index (χ0) is 51.0. The van der Waals surface area contributed by atoms with Crippen LogP contribution in [0.4, 0.5) is 23.1 Å². The van der Waals surface area contributed by atoms with Gasteiger partial charge < -0.3 is 55.4 Å². The number of nitrogens with two attached hydrogens (primary N) is 1. The number of fused-ring (bicyclic) bond motifs is 5. The number of aryl methyl sites for hydroxylation is 1. The number of phosphoric acid groups is 2. The van der Waals surface area contributed by atoms with Crippen molar-refractivity contribution in [2.24, 2.45) is 4.99 Å². The molecule has 5 atom stereocenters. The summed E-state index contributed by atoms with van der Waals surface area (Å²) in [4.78, 5) is 70.4. The first-order valence-corrected chi connectivity index (χ1v) is 28.1. The van der Waals surface area contributed by atoms with Gasteiger partial charge in [0.15, 0.2) is 34.7 Å². The Morgan fingerprint density at radius 2 is 1.79 bits per heavy atom. The molecule has 0 aliphatic carbocycles. The molecular formula is C43H61N10O15P2S+. The van der Waals surface area contributed by atoms with E-state index >= 15 is 0 Å². The Balaban J connectivity index is 0.846. The molecule has 71 heavy (non-hydrogen) atoms. The number of rotatable bonds is 21. The number of amides is 1. The van der Waals surface area contributed by atoms with Gasteiger partial charge in [0, 0.05) is 61.2 Å². The molecule has 2 aromatic heterocycles. The standard InChI is InChI=1S/C43H60N10O15P2S/c1-4-51-15-9-11-25-17-28-32(19-30(25)51)66-33-20-31-27(18-29(33)49-28)26(23-71(62,63)64)21-43(2,3)52(31)16-10-12-35(54)45-13-7-5-6-8-14-46-42-50-36-39(44)47-24-48-40(36)53(42)41-37(55)38(68-70(59,60)61)34(67-41)22-65-69(56,57)58/h17-20,24,26,34,37-38,41,44,49,55H,4-16,21-23H2,1-3H3,(H6,45,54,56,57,58,59,60,61,62,63,64)/p+1/t26?,34-,37-,38-,41-/m1/s1. The number of aliphatic hydroxyl groups is 1. The smallest absolute Gasteiger partial charge is 0.452 e. The molecule has 8 rings (SSSR count). The minimum atomic E-state index is -5.24. The Morgan fingerprint density at radius 1 is 1.03 bits per heavy atom. The molecule has 4 aliphatic rings. The van der Waals surface area contributed by atoms with Gasteiger partial charge in [0.1, 0.15) is 48.8 Å². The zero-order valence-corrected chi connectivity index (χ0v) is 42.1. The van der Waals surface area contributed by atoms with E-state index in [0.29, 0.717) is 62.5 Å². The number of nitrogen functional groups attached to an aromatic ring is 1. The second kappa shape index (κ2) is 21.0. The number of ether oxygens (including phenoxy) is 2. The van der Waals surface area contributed by atoms with E-state index in [1.807, 2.05) is 26.0 Å². The van der Waals surface area contributed by atoms with E-state index in [2.05, 4.69) is 58.6 Å². The van der Waals surface area contributed by atoms with E-state index < -0.39 is 74.1 Å². The van der Waals surface area contributed by atoms with Crippen LogP contribution in [0.1, 0.15) is 95.4 Å². The van der Waals surface area contributed by atoms with Gasteiger partial charge in [-0.3, -0.25) is 23.0 Å². The van der Waals surface area contributed by atoms with E-state index in [1.165, 1.54) is 10.1 Å². The minimum Gasteiger partial charge on any atom is -0.452 e. The normalized spacial score (nSPS) is 21.7. The summed E-state index contributed by atoms with van der Waals surface area (Å²) in [6, 6.07) is 7.92. The van der Waals surface area contributed by atoms with Crippen molar-refractivity contribution in [1.29, 1.82) is 0 Å². The molecule has 10 N–H and O–H groups in total. The fourth-order valence-corrected chi connectivity index (χ4v) is 11.8. The van der Waals surface area contributed by atoms with Gasteiger partial charge in [-0.15, -0.1) is 0 Å². The molecule has 0 spiro atoms. The average molecular weight is 1050 g/mol. The number of aliphatic hydroxyl groups excluding tert-OH is 1. The molecule has 0 bridgehead atoms. The van der Waals surface area contributed by atoms with Crippen molar-refractivity contribution >= 4 is 66.0 Å². The van der Waals surface area contributed by atoms with E-state index in [0.717, 1.165) is 67.1 Å². The highest BCUT2D eigenvalue weighted by molar-refractivity contribution is 7.85. The van der Waals surface area contributed by atoms with Gasteiger partial charge in [-0.25, -0.2) is 33.6 Å². The van der Waals surface area contributed by atoms with Gasteiger partial charge in [0.25, 0.3) is 10.1 Å². The van der Waals surface area contributed by atoms with Gasteiger partial charge >= 0.3 is 15.6 Å². The number of benzene rings is 2. The van der Waals surface area contributed by atoms with E-state index in [1.54, 1.807) is 0 Å². The van der Waals surface area contributed by atoms with Crippen LogP contribution in [0.2, 0.25) is 0 Å². The number of unbranched alkanes of at least 4 members (excludes halogenated alkanes) is 3. The molecule has 4 aromatic rings. The predicted molar refractivity (Wildman–Crippen MR) is 257 cm³/mol. The highest BCUT2D eigenvalue weighted by Crippen LogP contribution is 2.50. The van der Waals surface area contributed by atoms with Crippen molar-refractivity contribution < 1.29 is 70.1 Å². The lowest BCUT2D eigenvalue weighted by molar-refractivity contribution is -0.121. The molecule has 28 heteroatoms. The Bertz CT molecular complexity index is 3000. The van der Waals surface area contributed by atoms with Crippen LogP contribution in [-0.2, 0) is 44.2 Å². The molecule has 1 unspecified atom stereocenters. The number of phosphoric ester groups is 2. The number of carbonyl (C=O) groups excluding carboxylic acids is 1. The Morgan fingerprint density at radius 3 is 2.51 bits per heavy atom. The molecule has 1 saturated heterocycles. The Hall–Kier alpha value is -4.69. The summed E-state index contributed by atoms with van der Waals surface area (Å²) >= 11 is 0. The fourth-order valence-electron chi connectivity index (χ4n) is 10.0. The van der Waals surface area contributed by atoms with Gasteiger partial charge in [0.05, 0.1) is 18.4 Å². The Labute approximate surface area is 408 Å². The minimum absolute atomic E-state index is 0.0128. The maximum atomic E-state index is 13.1. The number of imidazole rings is 1. The third kappa shape index (κ3) is 12.4. The number of carbonyl (C=O) groups is 1. The predicted octanol–water partition coefficient (Wildman–Crippen LogP) is 2.30. The van der Waals surface area contributed by atoms with Crippen LogP contribution in [-0.4, -0.2) is 132 Å². The summed E-state index contributed by atoms with van der Waals surface area (Å²) in [5.74, 6) is 0.240. The zero-order valence-electron chi connectivity index (χ0n) is 39.5. The molecule has 1 amide bonds. The van der Waals surface area contributed by atoms with Gasteiger partial charge in [0.2, 0.25) is 17.2 Å². The summed E-state index contributed by atoms with van der Waals surface area (Å²) in [6.45, 7) is 8.43. The van der Waals surface area contributed by atoms with Crippen molar-refractivity contribution in [2.45, 2.75) is 115 Å². The molecule has 6 heterocycles. The highest BCUT2D eigenvalue weighted by Gasteiger charge is 2.50. The topological polar surface area (TPSA) is 356 Å². The molecular weight excluding hydrogens is 991 g/mol. The number of anilines is 3. The van der Waals surface area contributed by atoms with Crippen LogP contribution < -0.4 is 41.3 Å². The van der Waals surface area contributed by atoms with Gasteiger partial charge in [-0.1, -0.05) is 12.8 Å². The van der Waals surface area contributed by atoms with Crippen molar-refractivity contribution in [2.75, 3.05) is 61.0 Å². The molecule has 25 nitrogen and oxygen atoms in total. The number of hydrogen-bond acceptors (Lipinski definition) is 17. The van der Waals surface area contributed by atoms with Crippen LogP contribution in [0, 0.1) is 0 Å². The van der Waals surface area contributed by atoms with Crippen LogP contribution in [0.25, 0.3) is 11.2 Å². The average Bonchev–Trinajstić information content (AvgIpc) is 3.79. The summed E-state index contributed by atoms with van der Waals surface area (Å²) in [6.07, 6.45) is 0.526. The van der Waals surface area contributed by atoms with Crippen molar-refractivity contribution in [1.82, 2.24) is 29.4 Å². The number of hydrogen-bond donors (Lipinski definition) is 9. The van der Waals surface area contributed by atoms with Crippen LogP contribution >= 0.6 is 15.6 Å². The lowest BCUT2D eigenvalue weighted by Crippen LogP contribution is -2.50. The van der Waals surface area contributed by atoms with E-state index in [4.69, 9.17) is 24.7 Å². The van der Waals surface area contributed by atoms with Crippen LogP contribution in [0.5, 0.6) is 11.5 Å². The monoisotopic (exact) mass is 1050 g/mol. The summed E-state index contributed by atoms with van der Waals surface area (Å²) in [7, 11) is -14.6. The highest BCUT2D eigenvalue weighted by atomic mass is 32.2. The van der Waals surface area contributed by atoms with Crippen LogP contribution in [0.15, 0.2) is 35.6 Å². The Kier molecular flexibility index (Phi) is 15.6. The fraction of sp³-hybridized carbons (Fsp3) is 0.581. The number of nitrogens with one attached hydrogen (secondary N) is 2. The third-order valence-corrected chi connectivity index (χ3v) is 15.0. The third-order valence-electron chi connectivity index (χ3n) is 13.2. The lowest BCUT2D eigenvalue weighted by Gasteiger charge is -2.48. The van der Waals surface area contributed by atoms with Gasteiger partial charge in [-0.05, 0) is 70.6 Å².